The predicted molar refractivity (Wildman–Crippen MR) is 132 cm³/mol. The molecule has 0 atom stereocenters. The zero-order chi connectivity index (χ0) is 23.2. The second-order valence-electron chi connectivity index (χ2n) is 7.60. The SMILES string of the molecule is CCOc1cc(CNCCc2c[nH]c3ccccc23)c(Cl)cc1OCc1c(F)cccc1Cl. The summed E-state index contributed by atoms with van der Waals surface area (Å²) in [6.07, 6.45) is 2.95. The summed E-state index contributed by atoms with van der Waals surface area (Å²) in [5.41, 5.74) is 3.61. The number of halogens is 3. The zero-order valence-electron chi connectivity index (χ0n) is 18.3. The predicted octanol–water partition coefficient (Wildman–Crippen LogP) is 6.92. The summed E-state index contributed by atoms with van der Waals surface area (Å²) in [4.78, 5) is 3.30. The average Bonchev–Trinajstić information content (AvgIpc) is 3.22. The van der Waals surface area contributed by atoms with Crippen LogP contribution in [0.3, 0.4) is 0 Å². The number of para-hydroxylation sites is 1. The number of H-pyrrole nitrogens is 1. The smallest absolute Gasteiger partial charge is 0.163 e. The first kappa shape index (κ1) is 23.4. The molecule has 0 amide bonds. The van der Waals surface area contributed by atoms with Crippen molar-refractivity contribution in [2.75, 3.05) is 13.2 Å². The van der Waals surface area contributed by atoms with Crippen molar-refractivity contribution in [3.63, 3.8) is 0 Å². The van der Waals surface area contributed by atoms with Gasteiger partial charge in [0.15, 0.2) is 11.5 Å². The molecule has 0 bridgehead atoms. The fourth-order valence-corrected chi connectivity index (χ4v) is 4.14. The highest BCUT2D eigenvalue weighted by molar-refractivity contribution is 6.31. The van der Waals surface area contributed by atoms with E-state index in [0.717, 1.165) is 24.0 Å². The number of benzene rings is 3. The summed E-state index contributed by atoms with van der Waals surface area (Å²) in [5, 5.41) is 5.55. The van der Waals surface area contributed by atoms with Crippen LogP contribution in [-0.4, -0.2) is 18.1 Å². The molecule has 7 heteroatoms. The molecule has 0 saturated carbocycles. The van der Waals surface area contributed by atoms with Crippen LogP contribution in [0, 0.1) is 5.82 Å². The Morgan fingerprint density at radius 1 is 0.939 bits per heavy atom. The van der Waals surface area contributed by atoms with E-state index in [2.05, 4.69) is 28.6 Å². The summed E-state index contributed by atoms with van der Waals surface area (Å²) >= 11 is 12.6. The highest BCUT2D eigenvalue weighted by atomic mass is 35.5. The lowest BCUT2D eigenvalue weighted by molar-refractivity contribution is 0.265. The fourth-order valence-electron chi connectivity index (χ4n) is 3.70. The lowest BCUT2D eigenvalue weighted by Gasteiger charge is -2.16. The second-order valence-corrected chi connectivity index (χ2v) is 8.41. The van der Waals surface area contributed by atoms with Crippen LogP contribution in [0.1, 0.15) is 23.6 Å². The lowest BCUT2D eigenvalue weighted by atomic mass is 10.1. The Kier molecular flexibility index (Phi) is 7.76. The van der Waals surface area contributed by atoms with Crippen molar-refractivity contribution < 1.29 is 13.9 Å². The Labute approximate surface area is 202 Å². The third-order valence-corrected chi connectivity index (χ3v) is 6.11. The first-order chi connectivity index (χ1) is 16.1. The number of aromatic nitrogens is 1. The van der Waals surface area contributed by atoms with E-state index < -0.39 is 5.82 Å². The van der Waals surface area contributed by atoms with E-state index in [4.69, 9.17) is 32.7 Å². The molecule has 0 fully saturated rings. The van der Waals surface area contributed by atoms with Gasteiger partial charge in [-0.2, -0.15) is 0 Å². The van der Waals surface area contributed by atoms with Crippen LogP contribution in [-0.2, 0) is 19.6 Å². The van der Waals surface area contributed by atoms with Gasteiger partial charge in [-0.15, -0.1) is 0 Å². The largest absolute Gasteiger partial charge is 0.490 e. The van der Waals surface area contributed by atoms with Crippen molar-refractivity contribution in [3.05, 3.63) is 93.3 Å². The number of fused-ring (bicyclic) bond motifs is 1. The summed E-state index contributed by atoms with van der Waals surface area (Å²) in [7, 11) is 0. The van der Waals surface area contributed by atoms with E-state index in [1.165, 1.54) is 17.0 Å². The van der Waals surface area contributed by atoms with Crippen LogP contribution in [0.25, 0.3) is 10.9 Å². The van der Waals surface area contributed by atoms with Gasteiger partial charge in [-0.1, -0.05) is 47.5 Å². The van der Waals surface area contributed by atoms with E-state index in [0.29, 0.717) is 40.3 Å². The topological polar surface area (TPSA) is 46.3 Å². The Balaban J connectivity index is 1.40. The van der Waals surface area contributed by atoms with Crippen LogP contribution in [0.5, 0.6) is 11.5 Å². The fraction of sp³-hybridized carbons (Fsp3) is 0.231. The Hall–Kier alpha value is -2.73. The molecule has 0 saturated heterocycles. The Bertz CT molecular complexity index is 1220. The molecule has 3 aromatic carbocycles. The summed E-state index contributed by atoms with van der Waals surface area (Å²) in [5.74, 6) is 0.592. The molecular weight excluding hydrogens is 462 g/mol. The molecule has 0 spiro atoms. The molecule has 1 heterocycles. The van der Waals surface area contributed by atoms with Crippen LogP contribution < -0.4 is 14.8 Å². The van der Waals surface area contributed by atoms with E-state index in [9.17, 15) is 4.39 Å². The average molecular weight is 487 g/mol. The molecule has 4 aromatic rings. The van der Waals surface area contributed by atoms with Gasteiger partial charge in [0.2, 0.25) is 0 Å². The number of nitrogens with one attached hydrogen (secondary N) is 2. The van der Waals surface area contributed by atoms with Crippen LogP contribution in [0.15, 0.2) is 60.8 Å². The van der Waals surface area contributed by atoms with Crippen LogP contribution >= 0.6 is 23.2 Å². The molecule has 0 aliphatic carbocycles. The third kappa shape index (κ3) is 5.61. The first-order valence-electron chi connectivity index (χ1n) is 10.8. The van der Waals surface area contributed by atoms with Crippen molar-refractivity contribution >= 4 is 34.1 Å². The zero-order valence-corrected chi connectivity index (χ0v) is 19.8. The molecule has 172 valence electrons. The van der Waals surface area contributed by atoms with Gasteiger partial charge < -0.3 is 19.8 Å². The first-order valence-corrected chi connectivity index (χ1v) is 11.6. The van der Waals surface area contributed by atoms with Crippen molar-refractivity contribution in [2.24, 2.45) is 0 Å². The minimum atomic E-state index is -0.414. The highest BCUT2D eigenvalue weighted by Gasteiger charge is 2.14. The molecule has 0 aliphatic rings. The number of hydrogen-bond donors (Lipinski definition) is 2. The highest BCUT2D eigenvalue weighted by Crippen LogP contribution is 2.35. The van der Waals surface area contributed by atoms with Crippen molar-refractivity contribution in [1.82, 2.24) is 10.3 Å². The molecular formula is C26H25Cl2FN2O2. The van der Waals surface area contributed by atoms with Gasteiger partial charge in [-0.25, -0.2) is 4.39 Å². The Morgan fingerprint density at radius 3 is 2.58 bits per heavy atom. The van der Waals surface area contributed by atoms with Gasteiger partial charge in [0.25, 0.3) is 0 Å². The molecule has 1 aromatic heterocycles. The lowest BCUT2D eigenvalue weighted by Crippen LogP contribution is -2.17. The van der Waals surface area contributed by atoms with Crippen molar-refractivity contribution in [1.29, 1.82) is 0 Å². The summed E-state index contributed by atoms with van der Waals surface area (Å²) in [6.45, 7) is 3.72. The molecule has 4 rings (SSSR count). The van der Waals surface area contributed by atoms with Gasteiger partial charge in [-0.3, -0.25) is 0 Å². The third-order valence-electron chi connectivity index (χ3n) is 5.41. The normalized spacial score (nSPS) is 11.2. The van der Waals surface area contributed by atoms with Crippen LogP contribution in [0.2, 0.25) is 10.0 Å². The molecule has 0 aliphatic heterocycles. The number of hydrogen-bond acceptors (Lipinski definition) is 3. The summed E-state index contributed by atoms with van der Waals surface area (Å²) < 4.78 is 25.7. The van der Waals surface area contributed by atoms with Crippen molar-refractivity contribution in [3.8, 4) is 11.5 Å². The second kappa shape index (κ2) is 10.9. The maximum Gasteiger partial charge on any atom is 0.163 e. The van der Waals surface area contributed by atoms with Gasteiger partial charge >= 0.3 is 0 Å². The van der Waals surface area contributed by atoms with Gasteiger partial charge in [0.05, 0.1) is 11.6 Å². The van der Waals surface area contributed by atoms with Gasteiger partial charge in [0, 0.05) is 40.3 Å². The quantitative estimate of drug-likeness (QED) is 0.239. The molecule has 0 unspecified atom stereocenters. The molecule has 2 N–H and O–H groups in total. The van der Waals surface area contributed by atoms with E-state index in [-0.39, 0.29) is 6.61 Å². The minimum Gasteiger partial charge on any atom is -0.490 e. The maximum absolute atomic E-state index is 14.1. The maximum atomic E-state index is 14.1. The van der Waals surface area contributed by atoms with E-state index in [1.54, 1.807) is 18.2 Å². The van der Waals surface area contributed by atoms with Gasteiger partial charge in [0.1, 0.15) is 12.4 Å². The monoisotopic (exact) mass is 486 g/mol. The summed E-state index contributed by atoms with van der Waals surface area (Å²) in [6, 6.07) is 16.4. The Morgan fingerprint density at radius 2 is 1.76 bits per heavy atom. The van der Waals surface area contributed by atoms with E-state index >= 15 is 0 Å². The van der Waals surface area contributed by atoms with E-state index in [1.807, 2.05) is 25.1 Å². The number of aromatic amines is 1. The number of rotatable bonds is 10. The number of ether oxygens (including phenoxy) is 2. The van der Waals surface area contributed by atoms with Gasteiger partial charge in [-0.05, 0) is 55.3 Å². The van der Waals surface area contributed by atoms with Crippen LogP contribution in [0.4, 0.5) is 4.39 Å². The van der Waals surface area contributed by atoms with Crippen molar-refractivity contribution in [2.45, 2.75) is 26.5 Å². The molecule has 4 nitrogen and oxygen atoms in total. The standard InChI is InChI=1S/C26H25Cl2FN2O2/c1-2-32-25-12-18(14-30-11-10-17-15-31-24-9-4-3-6-19(17)24)22(28)13-26(25)33-16-20-21(27)7-5-8-23(20)29/h3-9,12-13,15,30-31H,2,10-11,14,16H2,1H3. The minimum absolute atomic E-state index is 0.0237. The molecule has 0 radical (unpaired) electrons. The molecule has 33 heavy (non-hydrogen) atoms.